The van der Waals surface area contributed by atoms with Gasteiger partial charge >= 0.3 is 6.01 Å². The van der Waals surface area contributed by atoms with Gasteiger partial charge in [0.05, 0.1) is 0 Å². The number of benzene rings is 1. The standard InChI is InChI=1S/C20H20ClN5O2/c1-5-14(9-10-22-3)19-23-24-20(26(19)4)27-13(2)17-12-18(28-25-17)15-7-6-8-16(21)11-15/h5-13H,3H2,1-2,4H3/b10-9-,14-5+. The number of rotatable bonds is 7. The fourth-order valence-corrected chi connectivity index (χ4v) is 2.77. The summed E-state index contributed by atoms with van der Waals surface area (Å²) in [5, 5.41) is 13.1. The molecule has 0 spiro atoms. The number of aliphatic imine (C=N–C) groups is 1. The summed E-state index contributed by atoms with van der Waals surface area (Å²) in [6, 6.07) is 9.57. The smallest absolute Gasteiger partial charge is 0.317 e. The molecule has 1 unspecified atom stereocenters. The van der Waals surface area contributed by atoms with Crippen LogP contribution in [-0.4, -0.2) is 26.6 Å². The van der Waals surface area contributed by atoms with E-state index < -0.39 is 0 Å². The van der Waals surface area contributed by atoms with Crippen LogP contribution in [0.25, 0.3) is 16.9 Å². The number of hydrogen-bond acceptors (Lipinski definition) is 6. The number of ether oxygens (including phenoxy) is 1. The van der Waals surface area contributed by atoms with Crippen LogP contribution < -0.4 is 4.74 Å². The summed E-state index contributed by atoms with van der Waals surface area (Å²) in [6.45, 7) is 7.21. The third-order valence-electron chi connectivity index (χ3n) is 4.10. The Kier molecular flexibility index (Phi) is 6.06. The van der Waals surface area contributed by atoms with E-state index in [1.807, 2.05) is 51.2 Å². The van der Waals surface area contributed by atoms with Crippen molar-refractivity contribution in [3.05, 3.63) is 65.2 Å². The third-order valence-corrected chi connectivity index (χ3v) is 4.33. The highest BCUT2D eigenvalue weighted by Gasteiger charge is 2.19. The molecule has 8 heteroatoms. The Hall–Kier alpha value is -3.19. The fourth-order valence-electron chi connectivity index (χ4n) is 2.58. The predicted octanol–water partition coefficient (Wildman–Crippen LogP) is 4.88. The molecule has 7 nitrogen and oxygen atoms in total. The first kappa shape index (κ1) is 19.6. The van der Waals surface area contributed by atoms with Gasteiger partial charge in [-0.25, -0.2) is 0 Å². The van der Waals surface area contributed by atoms with Crippen molar-refractivity contribution in [2.24, 2.45) is 12.0 Å². The Balaban J connectivity index is 1.78. The van der Waals surface area contributed by atoms with Crippen molar-refractivity contribution in [3.8, 4) is 17.3 Å². The summed E-state index contributed by atoms with van der Waals surface area (Å²) in [4.78, 5) is 3.72. The van der Waals surface area contributed by atoms with Gasteiger partial charge in [0.25, 0.3) is 0 Å². The number of halogens is 1. The molecule has 144 valence electrons. The van der Waals surface area contributed by atoms with Crippen LogP contribution in [0.1, 0.15) is 31.5 Å². The maximum Gasteiger partial charge on any atom is 0.317 e. The highest BCUT2D eigenvalue weighted by molar-refractivity contribution is 6.30. The Morgan fingerprint density at radius 2 is 2.18 bits per heavy atom. The molecule has 0 saturated heterocycles. The van der Waals surface area contributed by atoms with E-state index in [-0.39, 0.29) is 6.10 Å². The van der Waals surface area contributed by atoms with Gasteiger partial charge in [-0.2, -0.15) is 0 Å². The van der Waals surface area contributed by atoms with Crippen molar-refractivity contribution in [2.75, 3.05) is 0 Å². The molecule has 0 aliphatic heterocycles. The molecule has 1 atom stereocenters. The number of nitrogens with zero attached hydrogens (tertiary/aromatic N) is 5. The SMILES string of the molecule is C=N/C=C\C(=C/C)c1nnc(OC(C)c2cc(-c3cccc(Cl)c3)on2)n1C. The normalized spacial score (nSPS) is 13.1. The summed E-state index contributed by atoms with van der Waals surface area (Å²) in [5.41, 5.74) is 2.34. The van der Waals surface area contributed by atoms with Crippen LogP contribution in [0.3, 0.4) is 0 Å². The second-order valence-electron chi connectivity index (χ2n) is 5.99. The zero-order valence-electron chi connectivity index (χ0n) is 15.8. The molecule has 2 aromatic heterocycles. The van der Waals surface area contributed by atoms with Crippen molar-refractivity contribution >= 4 is 23.9 Å². The topological polar surface area (TPSA) is 78.3 Å². The molecule has 1 aromatic carbocycles. The van der Waals surface area contributed by atoms with Crippen molar-refractivity contribution in [1.29, 1.82) is 0 Å². The molecule has 0 aliphatic rings. The lowest BCUT2D eigenvalue weighted by atomic mass is 10.1. The first-order valence-corrected chi connectivity index (χ1v) is 8.99. The van der Waals surface area contributed by atoms with E-state index in [9.17, 15) is 0 Å². The third kappa shape index (κ3) is 4.20. The van der Waals surface area contributed by atoms with Crippen molar-refractivity contribution < 1.29 is 9.26 Å². The molecule has 3 aromatic rings. The largest absolute Gasteiger partial charge is 0.454 e. The Morgan fingerprint density at radius 3 is 2.89 bits per heavy atom. The lowest BCUT2D eigenvalue weighted by molar-refractivity contribution is 0.190. The first-order valence-electron chi connectivity index (χ1n) is 8.61. The minimum absolute atomic E-state index is 0.370. The van der Waals surface area contributed by atoms with E-state index in [2.05, 4.69) is 27.1 Å². The molecular weight excluding hydrogens is 378 g/mol. The van der Waals surface area contributed by atoms with Crippen LogP contribution in [0.15, 0.2) is 58.2 Å². The van der Waals surface area contributed by atoms with E-state index in [1.165, 1.54) is 0 Å². The zero-order valence-corrected chi connectivity index (χ0v) is 16.6. The van der Waals surface area contributed by atoms with Gasteiger partial charge in [0.1, 0.15) is 11.8 Å². The van der Waals surface area contributed by atoms with Crippen molar-refractivity contribution in [2.45, 2.75) is 20.0 Å². The minimum Gasteiger partial charge on any atom is -0.454 e. The average molecular weight is 398 g/mol. The van der Waals surface area contributed by atoms with Gasteiger partial charge in [-0.1, -0.05) is 40.1 Å². The van der Waals surface area contributed by atoms with Gasteiger partial charge in [-0.05, 0) is 38.8 Å². The second-order valence-corrected chi connectivity index (χ2v) is 6.43. The van der Waals surface area contributed by atoms with Crippen LogP contribution >= 0.6 is 11.6 Å². The van der Waals surface area contributed by atoms with Crippen LogP contribution in [-0.2, 0) is 7.05 Å². The molecular formula is C20H20ClN5O2. The van der Waals surface area contributed by atoms with Gasteiger partial charge in [-0.15, -0.1) is 5.10 Å². The lowest BCUT2D eigenvalue weighted by Gasteiger charge is -2.11. The van der Waals surface area contributed by atoms with E-state index in [4.69, 9.17) is 20.9 Å². The van der Waals surface area contributed by atoms with Crippen LogP contribution in [0, 0.1) is 0 Å². The number of aromatic nitrogens is 4. The van der Waals surface area contributed by atoms with Gasteiger partial charge in [0.15, 0.2) is 11.6 Å². The molecule has 0 N–H and O–H groups in total. The van der Waals surface area contributed by atoms with E-state index >= 15 is 0 Å². The highest BCUT2D eigenvalue weighted by Crippen LogP contribution is 2.27. The van der Waals surface area contributed by atoms with Crippen LogP contribution in [0.2, 0.25) is 5.02 Å². The van der Waals surface area contributed by atoms with Gasteiger partial charge in [0.2, 0.25) is 0 Å². The highest BCUT2D eigenvalue weighted by atomic mass is 35.5. The first-order chi connectivity index (χ1) is 13.5. The van der Waals surface area contributed by atoms with Gasteiger partial charge < -0.3 is 9.26 Å². The molecule has 2 heterocycles. The quantitative estimate of drug-likeness (QED) is 0.419. The van der Waals surface area contributed by atoms with Crippen molar-refractivity contribution in [3.63, 3.8) is 0 Å². The summed E-state index contributed by atoms with van der Waals surface area (Å²) in [7, 11) is 1.83. The molecule has 0 radical (unpaired) electrons. The lowest BCUT2D eigenvalue weighted by Crippen LogP contribution is -2.08. The second kappa shape index (κ2) is 8.67. The minimum atomic E-state index is -0.383. The summed E-state index contributed by atoms with van der Waals surface area (Å²) < 4.78 is 13.1. The van der Waals surface area contributed by atoms with Gasteiger partial charge in [-0.3, -0.25) is 9.56 Å². The number of allylic oxidation sites excluding steroid dienone is 3. The zero-order chi connectivity index (χ0) is 20.1. The van der Waals surface area contributed by atoms with E-state index in [0.29, 0.717) is 28.3 Å². The van der Waals surface area contributed by atoms with E-state index in [1.54, 1.807) is 22.9 Å². The molecule has 0 aliphatic carbocycles. The summed E-state index contributed by atoms with van der Waals surface area (Å²) in [6.07, 6.45) is 4.93. The maximum atomic E-state index is 6.04. The van der Waals surface area contributed by atoms with Gasteiger partial charge in [0, 0.05) is 35.5 Å². The molecule has 0 amide bonds. The molecule has 0 fully saturated rings. The van der Waals surface area contributed by atoms with Crippen molar-refractivity contribution in [1.82, 2.24) is 19.9 Å². The van der Waals surface area contributed by atoms with Crippen LogP contribution in [0.5, 0.6) is 6.01 Å². The monoisotopic (exact) mass is 397 g/mol. The maximum absolute atomic E-state index is 6.04. The predicted molar refractivity (Wildman–Crippen MR) is 109 cm³/mol. The fraction of sp³-hybridized carbons (Fsp3) is 0.200. The Labute approximate surface area is 168 Å². The molecule has 28 heavy (non-hydrogen) atoms. The van der Waals surface area contributed by atoms with E-state index in [0.717, 1.165) is 11.1 Å². The average Bonchev–Trinajstić information content (AvgIpc) is 3.31. The molecule has 0 bridgehead atoms. The van der Waals surface area contributed by atoms with Crippen LogP contribution in [0.4, 0.5) is 0 Å². The summed E-state index contributed by atoms with van der Waals surface area (Å²) in [5.74, 6) is 1.27. The molecule has 3 rings (SSSR count). The Morgan fingerprint density at radius 1 is 1.36 bits per heavy atom. The number of hydrogen-bond donors (Lipinski definition) is 0. The summed E-state index contributed by atoms with van der Waals surface area (Å²) >= 11 is 6.04. The Bertz CT molecular complexity index is 1030. The molecule has 0 saturated carbocycles.